The summed E-state index contributed by atoms with van der Waals surface area (Å²) in [7, 11) is 0. The zero-order valence-electron chi connectivity index (χ0n) is 23.9. The number of hydrogen-bond donors (Lipinski definition) is 5. The molecular formula is C30H35N7O4S. The second kappa shape index (κ2) is 13.0. The molecule has 0 atom stereocenters. The zero-order chi connectivity index (χ0) is 30.4. The number of carbonyl (C=O) groups excluding carboxylic acids is 1. The van der Waals surface area contributed by atoms with Crippen molar-refractivity contribution in [1.29, 1.82) is 0 Å². The number of nitrogens with one attached hydrogen (secondary N) is 2. The number of hydrogen-bond acceptors (Lipinski definition) is 7. The molecule has 1 aliphatic heterocycles. The van der Waals surface area contributed by atoms with E-state index < -0.39 is 17.6 Å². The average molecular weight is 590 g/mol. The molecule has 2 heterocycles. The van der Waals surface area contributed by atoms with E-state index >= 15 is 0 Å². The van der Waals surface area contributed by atoms with Crippen molar-refractivity contribution in [2.24, 2.45) is 16.9 Å². The van der Waals surface area contributed by atoms with E-state index in [4.69, 9.17) is 5.84 Å². The Balaban J connectivity index is 1.50. The maximum atomic E-state index is 13.0. The molecule has 1 aliphatic rings. The van der Waals surface area contributed by atoms with E-state index in [2.05, 4.69) is 26.9 Å². The Bertz CT molecular complexity index is 1550. The Morgan fingerprint density at radius 1 is 1.17 bits per heavy atom. The van der Waals surface area contributed by atoms with Crippen LogP contribution in [0.2, 0.25) is 0 Å². The lowest BCUT2D eigenvalue weighted by Crippen LogP contribution is -2.32. The van der Waals surface area contributed by atoms with Crippen LogP contribution in [0.1, 0.15) is 49.3 Å². The van der Waals surface area contributed by atoms with E-state index in [0.29, 0.717) is 17.9 Å². The molecule has 6 N–H and O–H groups in total. The van der Waals surface area contributed by atoms with Gasteiger partial charge in [0, 0.05) is 41.1 Å². The number of rotatable bonds is 9. The molecule has 0 unspecified atom stereocenters. The van der Waals surface area contributed by atoms with Gasteiger partial charge in [-0.25, -0.2) is 14.3 Å². The van der Waals surface area contributed by atoms with Crippen molar-refractivity contribution in [3.8, 4) is 5.69 Å². The zero-order valence-corrected chi connectivity index (χ0v) is 24.7. The first-order valence-electron chi connectivity index (χ1n) is 13.4. The van der Waals surface area contributed by atoms with Crippen LogP contribution >= 0.6 is 11.8 Å². The summed E-state index contributed by atoms with van der Waals surface area (Å²) in [6.07, 6.45) is 6.13. The fraction of sp³-hybridized carbons (Fsp3) is 0.267. The predicted octanol–water partition coefficient (Wildman–Crippen LogP) is 4.85. The Kier molecular flexibility index (Phi) is 9.38. The maximum Gasteiger partial charge on any atom is 0.335 e. The number of aromatic nitrogens is 2. The van der Waals surface area contributed by atoms with Gasteiger partial charge >= 0.3 is 12.0 Å². The first-order valence-corrected chi connectivity index (χ1v) is 14.2. The van der Waals surface area contributed by atoms with Crippen molar-refractivity contribution < 1.29 is 19.8 Å². The number of carboxylic acids is 1. The third-order valence-electron chi connectivity index (χ3n) is 6.37. The molecular weight excluding hydrogens is 554 g/mol. The van der Waals surface area contributed by atoms with E-state index in [9.17, 15) is 19.8 Å². The fourth-order valence-electron chi connectivity index (χ4n) is 4.26. The molecule has 0 aliphatic carbocycles. The molecule has 42 heavy (non-hydrogen) atoms. The summed E-state index contributed by atoms with van der Waals surface area (Å²) in [5.74, 6) is 5.79. The van der Waals surface area contributed by atoms with E-state index in [1.54, 1.807) is 43.8 Å². The van der Waals surface area contributed by atoms with Gasteiger partial charge in [-0.3, -0.25) is 5.32 Å². The van der Waals surface area contributed by atoms with Gasteiger partial charge in [0.2, 0.25) is 0 Å². The summed E-state index contributed by atoms with van der Waals surface area (Å²) >= 11 is 1.57. The van der Waals surface area contributed by atoms with Gasteiger partial charge in [-0.15, -0.1) is 0 Å². The number of carboxylic acid groups (broad SMARTS) is 1. The van der Waals surface area contributed by atoms with Gasteiger partial charge < -0.3 is 26.3 Å². The van der Waals surface area contributed by atoms with Crippen molar-refractivity contribution in [3.63, 3.8) is 0 Å². The lowest BCUT2D eigenvalue weighted by molar-refractivity contribution is 0.0694. The molecule has 0 radical (unpaired) electrons. The first kappa shape index (κ1) is 30.4. The molecule has 0 bridgehead atoms. The van der Waals surface area contributed by atoms with E-state index in [0.717, 1.165) is 21.2 Å². The number of hydrazone groups is 1. The number of amides is 2. The summed E-state index contributed by atoms with van der Waals surface area (Å²) in [6, 6.07) is 15.0. The summed E-state index contributed by atoms with van der Waals surface area (Å²) in [4.78, 5) is 28.5. The monoisotopic (exact) mass is 589 g/mol. The second-order valence-electron chi connectivity index (χ2n) is 10.5. The average Bonchev–Trinajstić information content (AvgIpc) is 3.37. The Morgan fingerprint density at radius 2 is 1.93 bits per heavy atom. The van der Waals surface area contributed by atoms with Crippen LogP contribution in [0.15, 0.2) is 87.9 Å². The largest absolute Gasteiger partial charge is 0.478 e. The van der Waals surface area contributed by atoms with Gasteiger partial charge in [0.25, 0.3) is 0 Å². The normalized spacial score (nSPS) is 13.7. The van der Waals surface area contributed by atoms with Crippen molar-refractivity contribution in [3.05, 3.63) is 94.7 Å². The number of anilines is 1. The van der Waals surface area contributed by atoms with E-state index in [1.807, 2.05) is 55.3 Å². The summed E-state index contributed by atoms with van der Waals surface area (Å²) < 4.78 is 1.40. The Labute approximate surface area is 248 Å². The minimum Gasteiger partial charge on any atom is -0.478 e. The number of benzene rings is 2. The van der Waals surface area contributed by atoms with Crippen molar-refractivity contribution >= 4 is 35.4 Å². The topological polar surface area (TPSA) is 158 Å². The van der Waals surface area contributed by atoms with Gasteiger partial charge in [0.1, 0.15) is 17.3 Å². The maximum absolute atomic E-state index is 13.0. The number of thioether (sulfide) groups is 1. The molecule has 1 aromatic heterocycles. The Hall–Kier alpha value is -4.55. The number of urea groups is 1. The fourth-order valence-corrected chi connectivity index (χ4v) is 5.27. The predicted molar refractivity (Wildman–Crippen MR) is 164 cm³/mol. The van der Waals surface area contributed by atoms with Crippen molar-refractivity contribution in [1.82, 2.24) is 20.0 Å². The number of aromatic carboxylic acids is 1. The van der Waals surface area contributed by atoms with Crippen LogP contribution in [0, 0.1) is 5.92 Å². The lowest BCUT2D eigenvalue weighted by atomic mass is 10.1. The van der Waals surface area contributed by atoms with Crippen LogP contribution in [-0.2, 0) is 12.1 Å². The highest BCUT2D eigenvalue weighted by Gasteiger charge is 2.24. The first-order chi connectivity index (χ1) is 20.0. The molecule has 11 nitrogen and oxygen atoms in total. The van der Waals surface area contributed by atoms with E-state index in [1.165, 1.54) is 16.8 Å². The van der Waals surface area contributed by atoms with Crippen LogP contribution in [-0.4, -0.2) is 49.3 Å². The van der Waals surface area contributed by atoms with Crippen molar-refractivity contribution in [2.45, 2.75) is 44.7 Å². The van der Waals surface area contributed by atoms with E-state index in [-0.39, 0.29) is 23.8 Å². The number of nitrogens with two attached hydrogens (primary N) is 1. The quantitative estimate of drug-likeness (QED) is 0.103. The van der Waals surface area contributed by atoms with Crippen LogP contribution in [0.5, 0.6) is 0 Å². The molecule has 0 fully saturated rings. The molecule has 4 rings (SSSR count). The van der Waals surface area contributed by atoms with Gasteiger partial charge in [0.05, 0.1) is 16.9 Å². The van der Waals surface area contributed by atoms with Crippen molar-refractivity contribution in [2.75, 3.05) is 11.9 Å². The van der Waals surface area contributed by atoms with Gasteiger partial charge in [-0.1, -0.05) is 56.0 Å². The third-order valence-corrected chi connectivity index (χ3v) is 7.46. The molecule has 220 valence electrons. The van der Waals surface area contributed by atoms with Crippen LogP contribution in [0.4, 0.5) is 10.6 Å². The summed E-state index contributed by atoms with van der Waals surface area (Å²) in [5.41, 5.74) is 0.427. The van der Waals surface area contributed by atoms with Crippen LogP contribution in [0.3, 0.4) is 0 Å². The minimum absolute atomic E-state index is 0.0686. The molecule has 12 heteroatoms. The standard InChI is InChI=1S/C30H35N7O4S/c1-19(2)27(34-31)36-14-8-12-23(18-36)42-24-13-6-5-9-21(24)17-32-29(40)33-26-16-25(30(3,4)41)35-37(26)22-11-7-10-20(15-22)28(38)39/h5-13,15-16,18-19,41H,14,17,31H2,1-4H3,(H,38,39)(H2,32,33,40)/b34-27-. The lowest BCUT2D eigenvalue weighted by Gasteiger charge is -2.26. The molecule has 2 amide bonds. The molecule has 0 saturated heterocycles. The third kappa shape index (κ3) is 7.39. The van der Waals surface area contributed by atoms with Gasteiger partial charge in [-0.05, 0) is 49.8 Å². The summed E-state index contributed by atoms with van der Waals surface area (Å²) in [6.45, 7) is 8.18. The molecule has 0 spiro atoms. The highest BCUT2D eigenvalue weighted by Crippen LogP contribution is 2.32. The highest BCUT2D eigenvalue weighted by atomic mass is 32.2. The number of carbonyl (C=O) groups is 2. The van der Waals surface area contributed by atoms with Crippen LogP contribution in [0.25, 0.3) is 5.69 Å². The SMILES string of the molecule is CC(C)/C(=N/N)N1C=C(Sc2ccccc2CNC(=O)Nc2cc(C(C)(C)O)nn2-c2cccc(C(=O)O)c2)C=CC1. The number of amidine groups is 1. The summed E-state index contributed by atoms with van der Waals surface area (Å²) in [5, 5.41) is 34.0. The second-order valence-corrected chi connectivity index (χ2v) is 11.6. The Morgan fingerprint density at radius 3 is 2.62 bits per heavy atom. The van der Waals surface area contributed by atoms with Gasteiger partial charge in [0.15, 0.2) is 0 Å². The molecule has 3 aromatic rings. The minimum atomic E-state index is -1.29. The van der Waals surface area contributed by atoms with Crippen LogP contribution < -0.4 is 16.5 Å². The molecule has 2 aromatic carbocycles. The highest BCUT2D eigenvalue weighted by molar-refractivity contribution is 8.03. The smallest absolute Gasteiger partial charge is 0.335 e. The van der Waals surface area contributed by atoms with Gasteiger partial charge in [-0.2, -0.15) is 10.2 Å². The molecule has 0 saturated carbocycles. The number of allylic oxidation sites excluding steroid dienone is 1. The number of nitrogens with zero attached hydrogens (tertiary/aromatic N) is 4. The number of aliphatic hydroxyl groups is 1.